The second kappa shape index (κ2) is 12.8. The van der Waals surface area contributed by atoms with Gasteiger partial charge in [-0.1, -0.05) is 6.07 Å². The molecule has 44 heavy (non-hydrogen) atoms. The molecule has 1 fully saturated rings. The number of hydrogen-bond donors (Lipinski definition) is 2. The number of benzene rings is 2. The number of amides is 4. The quantitative estimate of drug-likeness (QED) is 0.460. The number of carbonyl (C=O) groups excluding carboxylic acids is 4. The molecule has 3 aliphatic heterocycles. The third-order valence-corrected chi connectivity index (χ3v) is 8.03. The largest absolute Gasteiger partial charge is 0.488 e. The molecular formula is C32H33FN4O7. The van der Waals surface area contributed by atoms with Gasteiger partial charge in [-0.05, 0) is 66.8 Å². The number of halogens is 1. The first-order valence-corrected chi connectivity index (χ1v) is 14.8. The lowest BCUT2D eigenvalue weighted by molar-refractivity contribution is -0.134. The van der Waals surface area contributed by atoms with E-state index < -0.39 is 17.8 Å². The van der Waals surface area contributed by atoms with Crippen molar-refractivity contribution in [3.63, 3.8) is 0 Å². The van der Waals surface area contributed by atoms with Crippen LogP contribution in [0.15, 0.2) is 53.1 Å². The van der Waals surface area contributed by atoms with E-state index in [0.717, 1.165) is 0 Å². The zero-order valence-electron chi connectivity index (χ0n) is 24.1. The van der Waals surface area contributed by atoms with Crippen molar-refractivity contribution in [2.45, 2.75) is 38.3 Å². The summed E-state index contributed by atoms with van der Waals surface area (Å²) >= 11 is 0. The van der Waals surface area contributed by atoms with E-state index in [1.54, 1.807) is 34.1 Å². The van der Waals surface area contributed by atoms with Crippen LogP contribution in [-0.4, -0.2) is 78.9 Å². The van der Waals surface area contributed by atoms with Crippen LogP contribution in [-0.2, 0) is 16.1 Å². The number of carbonyl (C=O) groups is 4. The lowest BCUT2D eigenvalue weighted by atomic mass is 9.99. The third-order valence-electron chi connectivity index (χ3n) is 8.03. The van der Waals surface area contributed by atoms with Crippen LogP contribution in [0, 0.1) is 5.82 Å². The Bertz CT molecular complexity index is 1570. The van der Waals surface area contributed by atoms with Crippen LogP contribution in [0.3, 0.4) is 0 Å². The zero-order valence-corrected chi connectivity index (χ0v) is 24.1. The lowest BCUT2D eigenvalue weighted by Gasteiger charge is -2.26. The molecule has 1 aromatic heterocycles. The minimum absolute atomic E-state index is 0.0911. The number of ether oxygens (including phenoxy) is 2. The first-order chi connectivity index (χ1) is 21.4. The maximum Gasteiger partial charge on any atom is 0.289 e. The average molecular weight is 605 g/mol. The van der Waals surface area contributed by atoms with Crippen LogP contribution in [0.5, 0.6) is 11.5 Å². The van der Waals surface area contributed by atoms with E-state index in [-0.39, 0.29) is 55.3 Å². The first-order valence-electron chi connectivity index (χ1n) is 14.8. The van der Waals surface area contributed by atoms with E-state index in [1.807, 2.05) is 6.07 Å². The van der Waals surface area contributed by atoms with E-state index in [2.05, 4.69) is 10.6 Å². The molecule has 0 radical (unpaired) electrons. The fourth-order valence-electron chi connectivity index (χ4n) is 5.71. The van der Waals surface area contributed by atoms with Crippen molar-refractivity contribution >= 4 is 23.6 Å². The van der Waals surface area contributed by atoms with Crippen molar-refractivity contribution in [2.24, 2.45) is 0 Å². The molecule has 1 saturated heterocycles. The third kappa shape index (κ3) is 6.24. The van der Waals surface area contributed by atoms with Gasteiger partial charge >= 0.3 is 0 Å². The zero-order chi connectivity index (χ0) is 30.6. The molecule has 1 unspecified atom stereocenters. The number of rotatable bonds is 2. The van der Waals surface area contributed by atoms with Gasteiger partial charge in [0.2, 0.25) is 11.8 Å². The van der Waals surface area contributed by atoms with Crippen LogP contribution in [0.1, 0.15) is 52.2 Å². The van der Waals surface area contributed by atoms with Crippen molar-refractivity contribution < 1.29 is 37.5 Å². The van der Waals surface area contributed by atoms with Gasteiger partial charge in [-0.25, -0.2) is 4.39 Å². The van der Waals surface area contributed by atoms with Crippen LogP contribution in [0.2, 0.25) is 0 Å². The maximum absolute atomic E-state index is 14.8. The minimum atomic E-state index is -0.646. The van der Waals surface area contributed by atoms with Gasteiger partial charge in [0.05, 0.1) is 31.5 Å². The van der Waals surface area contributed by atoms with Crippen molar-refractivity contribution in [1.29, 1.82) is 0 Å². The highest BCUT2D eigenvalue weighted by molar-refractivity contribution is 5.96. The second-order valence-electron chi connectivity index (χ2n) is 11.0. The first kappa shape index (κ1) is 29.2. The Morgan fingerprint density at radius 2 is 1.77 bits per heavy atom. The van der Waals surface area contributed by atoms with Crippen LogP contribution >= 0.6 is 0 Å². The smallest absolute Gasteiger partial charge is 0.289 e. The highest BCUT2D eigenvalue weighted by Gasteiger charge is 2.31. The summed E-state index contributed by atoms with van der Waals surface area (Å²) < 4.78 is 32.5. The Balaban J connectivity index is 1.35. The summed E-state index contributed by atoms with van der Waals surface area (Å²) in [6, 6.07) is 10.6. The van der Waals surface area contributed by atoms with Gasteiger partial charge in [0, 0.05) is 25.1 Å². The highest BCUT2D eigenvalue weighted by atomic mass is 19.1. The molecule has 2 N–H and O–H groups in total. The minimum Gasteiger partial charge on any atom is -0.488 e. The normalized spacial score (nSPS) is 19.2. The lowest BCUT2D eigenvalue weighted by Crippen LogP contribution is -2.46. The SMILES string of the molecule is O=C1CCC(C(=O)N2CCCCNC(=O)c3cc(ccc3F)-c3cc4c(c(c3)OCC2)OCCN(C(=O)c2ccco2)C4)N1. The number of nitrogens with zero attached hydrogens (tertiary/aromatic N) is 2. The van der Waals surface area contributed by atoms with E-state index in [9.17, 15) is 23.6 Å². The molecule has 11 nitrogen and oxygen atoms in total. The van der Waals surface area contributed by atoms with Gasteiger partial charge in [-0.3, -0.25) is 19.2 Å². The predicted octanol–water partition coefficient (Wildman–Crippen LogP) is 3.13. The summed E-state index contributed by atoms with van der Waals surface area (Å²) in [6.45, 7) is 1.82. The summed E-state index contributed by atoms with van der Waals surface area (Å²) in [5.41, 5.74) is 1.79. The Hall–Kier alpha value is -4.87. The van der Waals surface area contributed by atoms with E-state index in [0.29, 0.717) is 73.5 Å². The number of nitrogens with one attached hydrogen (secondary N) is 2. The number of fused-ring (bicyclic) bond motifs is 7. The highest BCUT2D eigenvalue weighted by Crippen LogP contribution is 2.39. The van der Waals surface area contributed by atoms with E-state index in [1.165, 1.54) is 18.4 Å². The van der Waals surface area contributed by atoms with Crippen molar-refractivity contribution in [2.75, 3.05) is 39.4 Å². The van der Waals surface area contributed by atoms with Gasteiger partial charge in [-0.15, -0.1) is 0 Å². The van der Waals surface area contributed by atoms with Gasteiger partial charge in [0.1, 0.15) is 25.1 Å². The molecule has 0 aliphatic carbocycles. The van der Waals surface area contributed by atoms with Gasteiger partial charge in [-0.2, -0.15) is 0 Å². The molecule has 4 heterocycles. The molecule has 0 saturated carbocycles. The van der Waals surface area contributed by atoms with Crippen molar-refractivity contribution in [1.82, 2.24) is 20.4 Å². The summed E-state index contributed by atoms with van der Waals surface area (Å²) in [5, 5.41) is 5.52. The van der Waals surface area contributed by atoms with Crippen molar-refractivity contribution in [3.8, 4) is 22.6 Å². The van der Waals surface area contributed by atoms with Crippen LogP contribution < -0.4 is 20.1 Å². The van der Waals surface area contributed by atoms with Gasteiger partial charge < -0.3 is 34.3 Å². The van der Waals surface area contributed by atoms with E-state index >= 15 is 0 Å². The fraction of sp³-hybridized carbons (Fsp3) is 0.375. The molecule has 4 amide bonds. The fourth-order valence-corrected chi connectivity index (χ4v) is 5.71. The van der Waals surface area contributed by atoms with Crippen LogP contribution in [0.4, 0.5) is 4.39 Å². The topological polar surface area (TPSA) is 130 Å². The predicted molar refractivity (Wildman–Crippen MR) is 156 cm³/mol. The van der Waals surface area contributed by atoms with Gasteiger partial charge in [0.15, 0.2) is 17.3 Å². The van der Waals surface area contributed by atoms with E-state index in [4.69, 9.17) is 13.9 Å². The van der Waals surface area contributed by atoms with Gasteiger partial charge in [0.25, 0.3) is 11.8 Å². The molecule has 12 heteroatoms. The molecular weight excluding hydrogens is 571 g/mol. The molecule has 6 rings (SSSR count). The second-order valence-corrected chi connectivity index (χ2v) is 11.0. The molecule has 3 aliphatic rings. The number of hydrogen-bond acceptors (Lipinski definition) is 7. The molecule has 230 valence electrons. The Morgan fingerprint density at radius 3 is 2.57 bits per heavy atom. The Kier molecular flexibility index (Phi) is 8.49. The summed E-state index contributed by atoms with van der Waals surface area (Å²) in [5.74, 6) is -0.738. The van der Waals surface area contributed by atoms with Crippen LogP contribution in [0.25, 0.3) is 11.1 Å². The average Bonchev–Trinajstić information content (AvgIpc) is 3.67. The molecule has 4 bridgehead atoms. The Labute approximate surface area is 253 Å². The van der Waals surface area contributed by atoms with Crippen molar-refractivity contribution in [3.05, 3.63) is 71.4 Å². The standard InChI is InChI=1S/C32H33FN4O7/c33-24-6-5-20-17-23(24)30(39)34-9-1-2-10-36(31(40)25-7-8-28(38)35-25)11-14-43-27-18-21(20)16-22-19-37(12-15-44-29(22)27)32(41)26-4-3-13-42-26/h3-6,13,16-18,25H,1-2,7-12,14-15,19H2,(H,34,39)(H,35,38). The maximum atomic E-state index is 14.8. The summed E-state index contributed by atoms with van der Waals surface area (Å²) in [7, 11) is 0. The number of furan rings is 1. The molecule has 0 spiro atoms. The molecule has 3 aromatic rings. The molecule has 1 atom stereocenters. The Morgan fingerprint density at radius 1 is 0.932 bits per heavy atom. The summed E-state index contributed by atoms with van der Waals surface area (Å²) in [6.07, 6.45) is 3.34. The molecule has 2 aromatic carbocycles. The monoisotopic (exact) mass is 604 g/mol. The summed E-state index contributed by atoms with van der Waals surface area (Å²) in [4.78, 5) is 54.5.